The zero-order valence-electron chi connectivity index (χ0n) is 12.9. The van der Waals surface area contributed by atoms with Crippen LogP contribution in [0.5, 0.6) is 0 Å². The van der Waals surface area contributed by atoms with Gasteiger partial charge in [-0.1, -0.05) is 18.5 Å². The van der Waals surface area contributed by atoms with Crippen LogP contribution in [0.15, 0.2) is 35.3 Å². The molecule has 0 bridgehead atoms. The number of nitrogens with one attached hydrogen (secondary N) is 1. The number of non-ortho nitro benzene ring substituents is 1. The number of nitro groups is 1. The molecule has 0 saturated carbocycles. The van der Waals surface area contributed by atoms with Gasteiger partial charge in [-0.3, -0.25) is 14.9 Å². The molecule has 0 spiro atoms. The van der Waals surface area contributed by atoms with Gasteiger partial charge in [0, 0.05) is 24.1 Å². The molecule has 1 aliphatic rings. The minimum atomic E-state index is -0.509. The Morgan fingerprint density at radius 3 is 2.62 bits per heavy atom. The van der Waals surface area contributed by atoms with Gasteiger partial charge in [0.05, 0.1) is 35.7 Å². The summed E-state index contributed by atoms with van der Waals surface area (Å²) in [6.45, 7) is 4.01. The van der Waals surface area contributed by atoms with Gasteiger partial charge in [-0.15, -0.1) is 0 Å². The van der Waals surface area contributed by atoms with Crippen molar-refractivity contribution in [3.8, 4) is 5.69 Å². The summed E-state index contributed by atoms with van der Waals surface area (Å²) in [7, 11) is 0. The van der Waals surface area contributed by atoms with Gasteiger partial charge in [-0.25, -0.2) is 0 Å². The van der Waals surface area contributed by atoms with E-state index in [1.54, 1.807) is 0 Å². The normalized spacial score (nSPS) is 15.6. The van der Waals surface area contributed by atoms with E-state index in [9.17, 15) is 14.9 Å². The molecule has 8 nitrogen and oxygen atoms in total. The van der Waals surface area contributed by atoms with Crippen LogP contribution in [-0.2, 0) is 4.74 Å². The van der Waals surface area contributed by atoms with Crippen LogP contribution in [0.25, 0.3) is 5.69 Å². The Kier molecular flexibility index (Phi) is 4.25. The third kappa shape index (κ3) is 3.10. The molecule has 1 aromatic heterocycles. The van der Waals surface area contributed by atoms with Crippen molar-refractivity contribution in [3.63, 3.8) is 0 Å². The first kappa shape index (κ1) is 16.4. The van der Waals surface area contributed by atoms with Crippen molar-refractivity contribution in [2.24, 2.45) is 5.41 Å². The molecule has 0 unspecified atom stereocenters. The zero-order chi connectivity index (χ0) is 17.3. The predicted octanol–water partition coefficient (Wildman–Crippen LogP) is 2.24. The molecule has 1 aromatic carbocycles. The zero-order valence-corrected chi connectivity index (χ0v) is 13.6. The molecule has 1 N–H and O–H groups in total. The maximum atomic E-state index is 12.4. The summed E-state index contributed by atoms with van der Waals surface area (Å²) in [5, 5.41) is 17.9. The third-order valence-corrected chi connectivity index (χ3v) is 4.20. The van der Waals surface area contributed by atoms with Crippen LogP contribution in [0.3, 0.4) is 0 Å². The second-order valence-electron chi connectivity index (χ2n) is 6.02. The predicted molar refractivity (Wildman–Crippen MR) is 88.9 cm³/mol. The van der Waals surface area contributed by atoms with Crippen molar-refractivity contribution >= 4 is 23.0 Å². The quantitative estimate of drug-likeness (QED) is 0.655. The number of ether oxygens (including phenoxy) is 1. The van der Waals surface area contributed by atoms with Gasteiger partial charge in [-0.05, 0) is 12.1 Å². The molecule has 1 fully saturated rings. The second kappa shape index (κ2) is 6.21. The van der Waals surface area contributed by atoms with E-state index in [0.717, 1.165) is 4.68 Å². The molecular formula is C15H15ClN4O4. The highest BCUT2D eigenvalue weighted by molar-refractivity contribution is 6.32. The van der Waals surface area contributed by atoms with Crippen molar-refractivity contribution in [1.82, 2.24) is 9.78 Å². The lowest BCUT2D eigenvalue weighted by molar-refractivity contribution is -0.384. The summed E-state index contributed by atoms with van der Waals surface area (Å²) in [5.41, 5.74) is 0.320. The van der Waals surface area contributed by atoms with Crippen LogP contribution in [0.1, 0.15) is 6.92 Å². The Morgan fingerprint density at radius 1 is 1.42 bits per heavy atom. The first-order valence-corrected chi connectivity index (χ1v) is 7.62. The number of benzene rings is 1. The van der Waals surface area contributed by atoms with Gasteiger partial charge in [0.1, 0.15) is 5.02 Å². The Labute approximate surface area is 142 Å². The molecule has 2 heterocycles. The first-order chi connectivity index (χ1) is 11.4. The van der Waals surface area contributed by atoms with Gasteiger partial charge in [-0.2, -0.15) is 9.78 Å². The number of hydrogen-bond acceptors (Lipinski definition) is 6. The molecular weight excluding hydrogens is 336 g/mol. The van der Waals surface area contributed by atoms with E-state index >= 15 is 0 Å². The molecule has 1 saturated heterocycles. The van der Waals surface area contributed by atoms with E-state index in [0.29, 0.717) is 31.1 Å². The fraction of sp³-hybridized carbons (Fsp3) is 0.333. The Hall–Kier alpha value is -2.45. The Morgan fingerprint density at radius 2 is 2.08 bits per heavy atom. The smallest absolute Gasteiger partial charge is 0.292 e. The number of halogens is 1. The van der Waals surface area contributed by atoms with E-state index < -0.39 is 10.5 Å². The minimum absolute atomic E-state index is 0.0206. The monoisotopic (exact) mass is 350 g/mol. The largest absolute Gasteiger partial charge is 0.382 e. The summed E-state index contributed by atoms with van der Waals surface area (Å²) in [6, 6.07) is 5.51. The van der Waals surface area contributed by atoms with E-state index in [1.807, 2.05) is 0 Å². The summed E-state index contributed by atoms with van der Waals surface area (Å²) >= 11 is 6.14. The highest BCUT2D eigenvalue weighted by atomic mass is 35.5. The highest BCUT2D eigenvalue weighted by Gasteiger charge is 2.33. The summed E-state index contributed by atoms with van der Waals surface area (Å²) in [4.78, 5) is 22.6. The molecule has 0 atom stereocenters. The van der Waals surface area contributed by atoms with Crippen LogP contribution < -0.4 is 10.9 Å². The molecule has 9 heteroatoms. The van der Waals surface area contributed by atoms with E-state index in [4.69, 9.17) is 16.3 Å². The van der Waals surface area contributed by atoms with Gasteiger partial charge in [0.25, 0.3) is 11.2 Å². The fourth-order valence-electron chi connectivity index (χ4n) is 2.32. The van der Waals surface area contributed by atoms with Crippen LogP contribution in [-0.4, -0.2) is 34.5 Å². The highest BCUT2D eigenvalue weighted by Crippen LogP contribution is 2.27. The van der Waals surface area contributed by atoms with Crippen LogP contribution in [0.2, 0.25) is 5.02 Å². The molecule has 126 valence electrons. The molecule has 1 aliphatic heterocycles. The van der Waals surface area contributed by atoms with Crippen LogP contribution in [0.4, 0.5) is 11.4 Å². The van der Waals surface area contributed by atoms with Crippen molar-refractivity contribution in [2.75, 3.05) is 25.1 Å². The van der Waals surface area contributed by atoms with Crippen molar-refractivity contribution in [2.45, 2.75) is 6.92 Å². The lowest BCUT2D eigenvalue weighted by Gasteiger charge is -2.38. The molecule has 2 aromatic rings. The van der Waals surface area contributed by atoms with Gasteiger partial charge < -0.3 is 10.1 Å². The molecule has 0 amide bonds. The van der Waals surface area contributed by atoms with E-state index in [2.05, 4.69) is 17.3 Å². The van der Waals surface area contributed by atoms with Gasteiger partial charge >= 0.3 is 0 Å². The summed E-state index contributed by atoms with van der Waals surface area (Å²) < 4.78 is 6.28. The van der Waals surface area contributed by atoms with Crippen LogP contribution >= 0.6 is 11.6 Å². The second-order valence-corrected chi connectivity index (χ2v) is 6.40. The molecule has 24 heavy (non-hydrogen) atoms. The average molecular weight is 351 g/mol. The van der Waals surface area contributed by atoms with Crippen molar-refractivity contribution < 1.29 is 9.66 Å². The number of nitrogens with zero attached hydrogens (tertiary/aromatic N) is 3. The Balaban J connectivity index is 1.84. The summed E-state index contributed by atoms with van der Waals surface area (Å²) in [5.74, 6) is 0. The summed E-state index contributed by atoms with van der Waals surface area (Å²) in [6.07, 6.45) is 1.47. The third-order valence-electron chi connectivity index (χ3n) is 3.83. The number of nitro benzene ring substituents is 1. The average Bonchev–Trinajstić information content (AvgIpc) is 2.54. The first-order valence-electron chi connectivity index (χ1n) is 7.24. The maximum absolute atomic E-state index is 12.4. The van der Waals surface area contributed by atoms with Crippen molar-refractivity contribution in [3.05, 3.63) is 56.0 Å². The fourth-order valence-corrected chi connectivity index (χ4v) is 2.51. The lowest BCUT2D eigenvalue weighted by atomic mass is 9.89. The number of hydrogen-bond donors (Lipinski definition) is 1. The molecule has 3 rings (SSSR count). The van der Waals surface area contributed by atoms with Crippen LogP contribution in [0, 0.1) is 15.5 Å². The molecule has 0 radical (unpaired) electrons. The van der Waals surface area contributed by atoms with E-state index in [1.165, 1.54) is 30.5 Å². The lowest BCUT2D eigenvalue weighted by Crippen LogP contribution is -2.45. The standard InChI is InChI=1S/C15H15ClN4O4/c1-15(8-24-9-15)7-17-12-6-18-19(14(21)13(12)16)10-2-4-11(5-3-10)20(22)23/h2-6,17H,7-9H2,1H3. The van der Waals surface area contributed by atoms with Gasteiger partial charge in [0.2, 0.25) is 0 Å². The number of rotatable bonds is 5. The maximum Gasteiger partial charge on any atom is 0.292 e. The SMILES string of the molecule is CC1(CNc2cnn(-c3ccc([N+](=O)[O-])cc3)c(=O)c2Cl)COC1. The topological polar surface area (TPSA) is 99.3 Å². The van der Waals surface area contributed by atoms with Crippen molar-refractivity contribution in [1.29, 1.82) is 0 Å². The number of aromatic nitrogens is 2. The van der Waals surface area contributed by atoms with Gasteiger partial charge in [0.15, 0.2) is 0 Å². The minimum Gasteiger partial charge on any atom is -0.382 e. The number of anilines is 1. The Bertz CT molecular complexity index is 830. The molecule has 0 aliphatic carbocycles. The van der Waals surface area contributed by atoms with E-state index in [-0.39, 0.29) is 16.1 Å².